The summed E-state index contributed by atoms with van der Waals surface area (Å²) in [7, 11) is 0. The fraction of sp³-hybridized carbons (Fsp3) is 0.630. The van der Waals surface area contributed by atoms with Crippen LogP contribution in [0.15, 0.2) is 18.2 Å². The van der Waals surface area contributed by atoms with Crippen LogP contribution in [0.25, 0.3) is 0 Å². The molecule has 1 fully saturated rings. The van der Waals surface area contributed by atoms with Crippen molar-refractivity contribution in [1.29, 1.82) is 0 Å². The van der Waals surface area contributed by atoms with E-state index in [1.54, 1.807) is 20.8 Å². The molecule has 1 aromatic carbocycles. The summed E-state index contributed by atoms with van der Waals surface area (Å²) < 4.78 is 5.32. The molecule has 0 heterocycles. The van der Waals surface area contributed by atoms with Crippen LogP contribution in [0.3, 0.4) is 0 Å². The summed E-state index contributed by atoms with van der Waals surface area (Å²) in [6.45, 7) is 16.5. The van der Waals surface area contributed by atoms with Crippen LogP contribution in [0, 0.1) is 19.8 Å². The fourth-order valence-electron chi connectivity index (χ4n) is 4.30. The zero-order valence-electron chi connectivity index (χ0n) is 23.0. The Morgan fingerprint density at radius 3 is 2.03 bits per heavy atom. The summed E-state index contributed by atoms with van der Waals surface area (Å²) in [5.41, 5.74) is 6.55. The van der Waals surface area contributed by atoms with Crippen molar-refractivity contribution in [1.82, 2.24) is 15.5 Å². The molecule has 4 unspecified atom stereocenters. The Morgan fingerprint density at radius 2 is 1.61 bits per heavy atom. The molecule has 0 spiro atoms. The highest BCUT2D eigenvalue weighted by Gasteiger charge is 2.49. The van der Waals surface area contributed by atoms with Gasteiger partial charge in [0, 0.05) is 11.6 Å². The van der Waals surface area contributed by atoms with Gasteiger partial charge in [-0.3, -0.25) is 14.4 Å². The molecule has 36 heavy (non-hydrogen) atoms. The van der Waals surface area contributed by atoms with E-state index in [9.17, 15) is 19.2 Å². The molecule has 4 amide bonds. The average Bonchev–Trinajstić information content (AvgIpc) is 3.38. The summed E-state index contributed by atoms with van der Waals surface area (Å²) in [6, 6.07) is 3.24. The van der Waals surface area contributed by atoms with Crippen molar-refractivity contribution >= 4 is 23.8 Å². The molecule has 0 aliphatic heterocycles. The summed E-state index contributed by atoms with van der Waals surface area (Å²) >= 11 is 0. The van der Waals surface area contributed by atoms with Crippen molar-refractivity contribution in [2.75, 3.05) is 0 Å². The highest BCUT2D eigenvalue weighted by molar-refractivity contribution is 5.95. The van der Waals surface area contributed by atoms with Gasteiger partial charge in [0.2, 0.25) is 17.7 Å². The summed E-state index contributed by atoms with van der Waals surface area (Å²) in [4.78, 5) is 53.9. The van der Waals surface area contributed by atoms with E-state index in [0.717, 1.165) is 16.7 Å². The molecule has 0 radical (unpaired) electrons. The predicted molar refractivity (Wildman–Crippen MR) is 138 cm³/mol. The zero-order chi connectivity index (χ0) is 27.6. The van der Waals surface area contributed by atoms with Gasteiger partial charge in [0.15, 0.2) is 0 Å². The number of aryl methyl sites for hydroxylation is 2. The second kappa shape index (κ2) is 10.9. The van der Waals surface area contributed by atoms with Gasteiger partial charge in [0.1, 0.15) is 17.7 Å². The maximum atomic E-state index is 14.1. The number of benzene rings is 1. The molecule has 9 heteroatoms. The summed E-state index contributed by atoms with van der Waals surface area (Å²) in [6.07, 6.45) is -0.560. The van der Waals surface area contributed by atoms with Gasteiger partial charge in [0.25, 0.3) is 0 Å². The molecule has 0 bridgehead atoms. The molecule has 4 N–H and O–H groups in total. The number of hydrogen-bond acceptors (Lipinski definition) is 5. The molecule has 0 aromatic heterocycles. The lowest BCUT2D eigenvalue weighted by atomic mass is 9.92. The van der Waals surface area contributed by atoms with Crippen LogP contribution in [0.1, 0.15) is 84.0 Å². The summed E-state index contributed by atoms with van der Waals surface area (Å²) in [5, 5.41) is 5.54. The van der Waals surface area contributed by atoms with Gasteiger partial charge in [0.05, 0.1) is 6.42 Å². The smallest absolute Gasteiger partial charge is 0.408 e. The van der Waals surface area contributed by atoms with Gasteiger partial charge >= 0.3 is 6.09 Å². The third-order valence-electron chi connectivity index (χ3n) is 5.91. The SMILES string of the molecule is Cc1cccc(C)c1C(C(=O)NC(C)(C)C)N(C(=O)C(CC(N)=O)NC(=O)OC(C)(C)C)C1CC1C. The van der Waals surface area contributed by atoms with E-state index in [0.29, 0.717) is 6.42 Å². The lowest BCUT2D eigenvalue weighted by Crippen LogP contribution is -2.56. The highest BCUT2D eigenvalue weighted by atomic mass is 16.6. The topological polar surface area (TPSA) is 131 Å². The van der Waals surface area contributed by atoms with E-state index in [2.05, 4.69) is 10.6 Å². The van der Waals surface area contributed by atoms with Gasteiger partial charge in [-0.25, -0.2) is 4.79 Å². The predicted octanol–water partition coefficient (Wildman–Crippen LogP) is 3.26. The minimum Gasteiger partial charge on any atom is -0.444 e. The lowest BCUT2D eigenvalue weighted by molar-refractivity contribution is -0.144. The number of carbonyl (C=O) groups is 4. The number of rotatable bonds is 8. The van der Waals surface area contributed by atoms with E-state index in [1.807, 2.05) is 59.7 Å². The van der Waals surface area contributed by atoms with Crippen LogP contribution in [-0.2, 0) is 19.1 Å². The van der Waals surface area contributed by atoms with E-state index < -0.39 is 47.6 Å². The van der Waals surface area contributed by atoms with E-state index in [1.165, 1.54) is 4.90 Å². The van der Waals surface area contributed by atoms with E-state index >= 15 is 0 Å². The standard InChI is InChI=1S/C27H42N4O5/c1-15-11-10-12-16(2)21(15)22(23(33)30-26(4,5)6)31(19-13-17(19)3)24(34)18(14-20(28)32)29-25(35)36-27(7,8)9/h10-12,17-19,22H,13-14H2,1-9H3,(H2,28,32)(H,29,35)(H,30,33). The monoisotopic (exact) mass is 502 g/mol. The van der Waals surface area contributed by atoms with Crippen LogP contribution in [0.4, 0.5) is 4.79 Å². The molecular weight excluding hydrogens is 460 g/mol. The van der Waals surface area contributed by atoms with E-state index in [-0.39, 0.29) is 17.9 Å². The van der Waals surface area contributed by atoms with Crippen molar-refractivity contribution in [2.24, 2.45) is 11.7 Å². The molecular formula is C27H42N4O5. The number of nitrogens with one attached hydrogen (secondary N) is 2. The Kier molecular flexibility index (Phi) is 8.81. The maximum Gasteiger partial charge on any atom is 0.408 e. The summed E-state index contributed by atoms with van der Waals surface area (Å²) in [5.74, 6) is -1.48. The van der Waals surface area contributed by atoms with Crippen LogP contribution < -0.4 is 16.4 Å². The highest BCUT2D eigenvalue weighted by Crippen LogP contribution is 2.42. The van der Waals surface area contributed by atoms with Crippen LogP contribution in [-0.4, -0.2) is 51.9 Å². The molecule has 1 aromatic rings. The number of nitrogens with two attached hydrogens (primary N) is 1. The second-order valence-electron chi connectivity index (χ2n) is 11.8. The molecule has 2 rings (SSSR count). The van der Waals surface area contributed by atoms with Crippen molar-refractivity contribution in [2.45, 2.75) is 104 Å². The van der Waals surface area contributed by atoms with Gasteiger partial charge in [-0.2, -0.15) is 0 Å². The quantitative estimate of drug-likeness (QED) is 0.502. The molecule has 1 saturated carbocycles. The average molecular weight is 503 g/mol. The van der Waals surface area contributed by atoms with Crippen LogP contribution in [0.2, 0.25) is 0 Å². The normalized spacial score (nSPS) is 19.0. The molecule has 4 atom stereocenters. The van der Waals surface area contributed by atoms with Gasteiger partial charge in [-0.05, 0) is 84.4 Å². The first-order chi connectivity index (χ1) is 16.4. The second-order valence-corrected chi connectivity index (χ2v) is 11.8. The van der Waals surface area contributed by atoms with Crippen molar-refractivity contribution in [3.8, 4) is 0 Å². The number of carbonyl (C=O) groups excluding carboxylic acids is 4. The fourth-order valence-corrected chi connectivity index (χ4v) is 4.30. The Labute approximate surface area is 214 Å². The van der Waals surface area contributed by atoms with Crippen molar-refractivity contribution in [3.05, 3.63) is 34.9 Å². The van der Waals surface area contributed by atoms with Crippen LogP contribution >= 0.6 is 0 Å². The third-order valence-corrected chi connectivity index (χ3v) is 5.91. The number of nitrogens with zero attached hydrogens (tertiary/aromatic N) is 1. The Hall–Kier alpha value is -3.10. The molecule has 0 saturated heterocycles. The Morgan fingerprint density at radius 1 is 1.08 bits per heavy atom. The molecule has 200 valence electrons. The van der Waals surface area contributed by atoms with Gasteiger partial charge in [-0.15, -0.1) is 0 Å². The van der Waals surface area contributed by atoms with Crippen LogP contribution in [0.5, 0.6) is 0 Å². The van der Waals surface area contributed by atoms with E-state index in [4.69, 9.17) is 10.5 Å². The minimum absolute atomic E-state index is 0.152. The van der Waals surface area contributed by atoms with Gasteiger partial charge < -0.3 is 26.0 Å². The van der Waals surface area contributed by atoms with Crippen molar-refractivity contribution in [3.63, 3.8) is 0 Å². The third kappa shape index (κ3) is 7.96. The molecule has 1 aliphatic carbocycles. The maximum absolute atomic E-state index is 14.1. The van der Waals surface area contributed by atoms with Crippen molar-refractivity contribution < 1.29 is 23.9 Å². The molecule has 9 nitrogen and oxygen atoms in total. The van der Waals surface area contributed by atoms with Gasteiger partial charge in [-0.1, -0.05) is 25.1 Å². The number of alkyl carbamates (subject to hydrolysis) is 1. The number of primary amides is 1. The first-order valence-corrected chi connectivity index (χ1v) is 12.4. The lowest BCUT2D eigenvalue weighted by Gasteiger charge is -2.37. The number of hydrogen-bond donors (Lipinski definition) is 3. The minimum atomic E-state index is -1.28. The first kappa shape index (κ1) is 29.1. The zero-order valence-corrected chi connectivity index (χ0v) is 23.0. The number of ether oxygens (including phenoxy) is 1. The first-order valence-electron chi connectivity index (χ1n) is 12.4. The molecule has 1 aliphatic rings. The Bertz CT molecular complexity index is 988. The largest absolute Gasteiger partial charge is 0.444 e. The Balaban J connectivity index is 2.60. The number of amides is 4.